The highest BCUT2D eigenvalue weighted by Crippen LogP contribution is 2.46. The van der Waals surface area contributed by atoms with Gasteiger partial charge in [-0.1, -0.05) is 73.9 Å². The third-order valence-electron chi connectivity index (χ3n) is 8.85. The zero-order valence-corrected chi connectivity index (χ0v) is 25.3. The summed E-state index contributed by atoms with van der Waals surface area (Å²) in [4.78, 5) is 14.0. The average molecular weight is 615 g/mol. The number of hydrogen-bond acceptors (Lipinski definition) is 5. The standard InChI is InChI=1S/C35H35FN2O5S/c1-37-32(25-13-7-3-8-14-25)22-38(27-15-9-4-10-16-27)31-21-33(43-23-24-11-5-2-6-12-24)28(20-34(31)44(37,41)42)26-17-18-30(36)29(19-26)35(39)40/h2,4-6,9-12,15-21,25,32H,3,7-8,13-14,22-23H2,1H3,(H,39,40)/t32-/m0/s1. The molecule has 6 rings (SSSR count). The van der Waals surface area contributed by atoms with E-state index in [-0.39, 0.29) is 23.5 Å². The summed E-state index contributed by atoms with van der Waals surface area (Å²) in [6.07, 6.45) is 5.24. The van der Waals surface area contributed by atoms with Gasteiger partial charge < -0.3 is 14.7 Å². The third-order valence-corrected chi connectivity index (χ3v) is 10.8. The lowest BCUT2D eigenvalue weighted by molar-refractivity contribution is 0.0692. The van der Waals surface area contributed by atoms with Crippen molar-refractivity contribution in [3.63, 3.8) is 0 Å². The molecule has 1 saturated carbocycles. The highest BCUT2D eigenvalue weighted by molar-refractivity contribution is 7.89. The van der Waals surface area contributed by atoms with Crippen LogP contribution in [0.5, 0.6) is 5.75 Å². The van der Waals surface area contributed by atoms with Gasteiger partial charge in [-0.05, 0) is 60.2 Å². The fourth-order valence-electron chi connectivity index (χ4n) is 6.45. The number of hydrogen-bond donors (Lipinski definition) is 1. The Morgan fingerprint density at radius 1 is 0.932 bits per heavy atom. The number of carboxylic acid groups (broad SMARTS) is 1. The van der Waals surface area contributed by atoms with Gasteiger partial charge in [0.2, 0.25) is 10.0 Å². The molecule has 0 saturated heterocycles. The summed E-state index contributed by atoms with van der Waals surface area (Å²) >= 11 is 0. The smallest absolute Gasteiger partial charge is 0.338 e. The van der Waals surface area contributed by atoms with Crippen molar-refractivity contribution in [1.82, 2.24) is 4.31 Å². The average Bonchev–Trinajstić information content (AvgIpc) is 3.13. The molecule has 0 bridgehead atoms. The van der Waals surface area contributed by atoms with Crippen LogP contribution in [0, 0.1) is 11.7 Å². The number of halogens is 1. The number of sulfonamides is 1. The number of carboxylic acids is 1. The molecule has 7 nitrogen and oxygen atoms in total. The number of carbonyl (C=O) groups is 1. The number of benzene rings is 4. The van der Waals surface area contributed by atoms with E-state index in [1.165, 1.54) is 16.4 Å². The Kier molecular flexibility index (Phi) is 8.42. The number of aromatic carboxylic acids is 1. The van der Waals surface area contributed by atoms with Gasteiger partial charge in [0.05, 0.1) is 11.3 Å². The third kappa shape index (κ3) is 5.81. The molecule has 0 spiro atoms. The number of nitrogens with zero attached hydrogens (tertiary/aromatic N) is 2. The number of fused-ring (bicyclic) bond motifs is 1. The quantitative estimate of drug-likeness (QED) is 0.232. The fourth-order valence-corrected chi connectivity index (χ4v) is 8.06. The molecule has 1 aliphatic carbocycles. The van der Waals surface area contributed by atoms with Gasteiger partial charge in [0.15, 0.2) is 0 Å². The monoisotopic (exact) mass is 614 g/mol. The van der Waals surface area contributed by atoms with Crippen LogP contribution in [0.2, 0.25) is 0 Å². The molecule has 228 valence electrons. The largest absolute Gasteiger partial charge is 0.488 e. The lowest BCUT2D eigenvalue weighted by atomic mass is 9.83. The zero-order valence-electron chi connectivity index (χ0n) is 24.5. The van der Waals surface area contributed by atoms with E-state index in [0.29, 0.717) is 29.1 Å². The number of rotatable bonds is 7. The van der Waals surface area contributed by atoms with Gasteiger partial charge >= 0.3 is 5.97 Å². The highest BCUT2D eigenvalue weighted by Gasteiger charge is 2.41. The molecular formula is C35H35FN2O5S. The number of para-hydroxylation sites is 1. The Bertz CT molecular complexity index is 1760. The fraction of sp³-hybridized carbons (Fsp3) is 0.286. The Balaban J connectivity index is 1.56. The van der Waals surface area contributed by atoms with Crippen LogP contribution in [-0.2, 0) is 16.6 Å². The second-order valence-corrected chi connectivity index (χ2v) is 13.5. The van der Waals surface area contributed by atoms with Crippen LogP contribution in [-0.4, -0.2) is 43.4 Å². The van der Waals surface area contributed by atoms with Crippen LogP contribution >= 0.6 is 0 Å². The molecular weight excluding hydrogens is 579 g/mol. The Morgan fingerprint density at radius 2 is 1.61 bits per heavy atom. The van der Waals surface area contributed by atoms with E-state index in [4.69, 9.17) is 4.74 Å². The van der Waals surface area contributed by atoms with E-state index >= 15 is 0 Å². The molecule has 1 N–H and O–H groups in total. The van der Waals surface area contributed by atoms with Crippen molar-refractivity contribution in [3.8, 4) is 16.9 Å². The predicted molar refractivity (Wildman–Crippen MR) is 168 cm³/mol. The van der Waals surface area contributed by atoms with Crippen LogP contribution in [0.25, 0.3) is 11.1 Å². The molecule has 1 aliphatic heterocycles. The van der Waals surface area contributed by atoms with Gasteiger partial charge in [0, 0.05) is 37.0 Å². The van der Waals surface area contributed by atoms with E-state index in [0.717, 1.165) is 49.4 Å². The van der Waals surface area contributed by atoms with Gasteiger partial charge in [-0.2, -0.15) is 4.31 Å². The van der Waals surface area contributed by atoms with Crippen molar-refractivity contribution in [3.05, 3.63) is 108 Å². The van der Waals surface area contributed by atoms with Gasteiger partial charge in [-0.15, -0.1) is 0 Å². The Morgan fingerprint density at radius 3 is 2.30 bits per heavy atom. The molecule has 9 heteroatoms. The Hall–Kier alpha value is -4.21. The summed E-state index contributed by atoms with van der Waals surface area (Å²) in [5.41, 5.74) is 2.44. The topological polar surface area (TPSA) is 87.2 Å². The summed E-state index contributed by atoms with van der Waals surface area (Å²) in [5.74, 6) is -1.71. The highest BCUT2D eigenvalue weighted by atomic mass is 32.2. The molecule has 0 unspecified atom stereocenters. The molecule has 4 aromatic rings. The van der Waals surface area contributed by atoms with Gasteiger partial charge in [-0.3, -0.25) is 0 Å². The van der Waals surface area contributed by atoms with Gasteiger partial charge in [0.1, 0.15) is 23.1 Å². The van der Waals surface area contributed by atoms with Crippen molar-refractivity contribution in [1.29, 1.82) is 0 Å². The van der Waals surface area contributed by atoms with Crippen LogP contribution in [0.4, 0.5) is 15.8 Å². The Labute approximate surface area is 257 Å². The second-order valence-electron chi connectivity index (χ2n) is 11.5. The minimum atomic E-state index is -4.00. The molecule has 0 aromatic heterocycles. The van der Waals surface area contributed by atoms with Crippen molar-refractivity contribution >= 4 is 27.4 Å². The van der Waals surface area contributed by atoms with E-state index in [1.807, 2.05) is 60.7 Å². The maximum absolute atomic E-state index is 14.5. The van der Waals surface area contributed by atoms with Gasteiger partial charge in [0.25, 0.3) is 0 Å². The molecule has 0 radical (unpaired) electrons. The minimum Gasteiger partial charge on any atom is -0.488 e. The first-order valence-corrected chi connectivity index (χ1v) is 16.4. The van der Waals surface area contributed by atoms with Crippen molar-refractivity contribution in [2.75, 3.05) is 18.5 Å². The molecule has 1 heterocycles. The summed E-state index contributed by atoms with van der Waals surface area (Å²) in [6, 6.07) is 26.1. The zero-order chi connectivity index (χ0) is 30.8. The normalized spacial score (nSPS) is 18.8. The van der Waals surface area contributed by atoms with Crippen LogP contribution < -0.4 is 9.64 Å². The van der Waals surface area contributed by atoms with Crippen molar-refractivity contribution in [2.24, 2.45) is 5.92 Å². The molecule has 1 atom stereocenters. The van der Waals surface area contributed by atoms with Crippen LogP contribution in [0.15, 0.2) is 95.9 Å². The van der Waals surface area contributed by atoms with Gasteiger partial charge in [-0.25, -0.2) is 17.6 Å². The first-order valence-electron chi connectivity index (χ1n) is 14.9. The molecule has 2 aliphatic rings. The lowest BCUT2D eigenvalue weighted by Gasteiger charge is -2.36. The maximum Gasteiger partial charge on any atom is 0.338 e. The number of likely N-dealkylation sites (N-methyl/N-ethyl adjacent to an activating group) is 1. The molecule has 44 heavy (non-hydrogen) atoms. The predicted octanol–water partition coefficient (Wildman–Crippen LogP) is 7.49. The van der Waals surface area contributed by atoms with Crippen LogP contribution in [0.1, 0.15) is 48.0 Å². The first kappa shape index (κ1) is 29.8. The van der Waals surface area contributed by atoms with Crippen molar-refractivity contribution in [2.45, 2.75) is 49.6 Å². The molecule has 0 amide bonds. The van der Waals surface area contributed by atoms with Crippen LogP contribution in [0.3, 0.4) is 0 Å². The maximum atomic E-state index is 14.5. The molecule has 1 fully saturated rings. The summed E-state index contributed by atoms with van der Waals surface area (Å²) in [5, 5.41) is 9.64. The minimum absolute atomic E-state index is 0.0884. The first-order chi connectivity index (χ1) is 21.2. The SMILES string of the molecule is CN1[C@H](C2CCCCC2)CN(c2ccccc2)c2cc(OCc3ccccc3)c(-c3ccc(F)c(C(=O)O)c3)cc2S1(=O)=O. The van der Waals surface area contributed by atoms with E-state index < -0.39 is 27.4 Å². The van der Waals surface area contributed by atoms with E-state index in [2.05, 4.69) is 4.90 Å². The number of anilines is 2. The summed E-state index contributed by atoms with van der Waals surface area (Å²) < 4.78 is 51.2. The van der Waals surface area contributed by atoms with E-state index in [9.17, 15) is 22.7 Å². The lowest BCUT2D eigenvalue weighted by Crippen LogP contribution is -2.46. The number of ether oxygens (including phenoxy) is 1. The van der Waals surface area contributed by atoms with E-state index in [1.54, 1.807) is 19.2 Å². The summed E-state index contributed by atoms with van der Waals surface area (Å²) in [6.45, 7) is 0.664. The summed E-state index contributed by atoms with van der Waals surface area (Å²) in [7, 11) is -2.34. The molecule has 4 aromatic carbocycles. The second kappa shape index (κ2) is 12.4. The van der Waals surface area contributed by atoms with Crippen molar-refractivity contribution < 1.29 is 27.4 Å².